The molecule has 0 aliphatic rings. The van der Waals surface area contributed by atoms with Crippen LogP contribution in [0, 0.1) is 0 Å². The number of carbonyl (C=O) groups is 1. The molecule has 0 bridgehead atoms. The highest BCUT2D eigenvalue weighted by Gasteiger charge is 2.16. The molecule has 1 amide bonds. The number of benzene rings is 2. The Labute approximate surface area is 141 Å². The molecule has 1 N–H and O–H groups in total. The fourth-order valence-electron chi connectivity index (χ4n) is 2.39. The van der Waals surface area contributed by atoms with E-state index >= 15 is 0 Å². The van der Waals surface area contributed by atoms with Gasteiger partial charge in [-0.15, -0.1) is 0 Å². The Kier molecular flexibility index (Phi) is 3.55. The molecule has 5 nitrogen and oxygen atoms in total. The minimum Gasteiger partial charge on any atom is -0.459 e. The van der Waals surface area contributed by atoms with Gasteiger partial charge in [-0.05, 0) is 42.5 Å². The number of oxazole rings is 1. The van der Waals surface area contributed by atoms with Crippen LogP contribution in [0.1, 0.15) is 10.6 Å². The fourth-order valence-corrected chi connectivity index (χ4v) is 2.55. The summed E-state index contributed by atoms with van der Waals surface area (Å²) >= 11 is 5.98. The number of fused-ring (bicyclic) bond motifs is 1. The SMILES string of the molecule is O=C(Nc1ccccc1-c1nc2cc(Cl)ccc2o1)c1ccco1. The van der Waals surface area contributed by atoms with Crippen LogP contribution in [0.2, 0.25) is 5.02 Å². The highest BCUT2D eigenvalue weighted by atomic mass is 35.5. The topological polar surface area (TPSA) is 68.3 Å². The lowest BCUT2D eigenvalue weighted by Gasteiger charge is -2.07. The second-order valence-electron chi connectivity index (χ2n) is 5.11. The number of para-hydroxylation sites is 1. The number of nitrogens with one attached hydrogen (secondary N) is 1. The molecule has 0 aliphatic heterocycles. The monoisotopic (exact) mass is 338 g/mol. The molecule has 0 saturated heterocycles. The summed E-state index contributed by atoms with van der Waals surface area (Å²) in [5.41, 5.74) is 2.53. The predicted octanol–water partition coefficient (Wildman–Crippen LogP) is 4.99. The van der Waals surface area contributed by atoms with Crippen molar-refractivity contribution in [1.29, 1.82) is 0 Å². The number of aromatic nitrogens is 1. The number of hydrogen-bond acceptors (Lipinski definition) is 4. The summed E-state index contributed by atoms with van der Waals surface area (Å²) in [4.78, 5) is 16.7. The molecule has 2 heterocycles. The summed E-state index contributed by atoms with van der Waals surface area (Å²) in [7, 11) is 0. The first-order valence-electron chi connectivity index (χ1n) is 7.21. The minimum absolute atomic E-state index is 0.231. The van der Waals surface area contributed by atoms with E-state index in [0.29, 0.717) is 33.3 Å². The number of amides is 1. The first-order valence-corrected chi connectivity index (χ1v) is 7.59. The summed E-state index contributed by atoms with van der Waals surface area (Å²) in [6.45, 7) is 0. The molecule has 24 heavy (non-hydrogen) atoms. The molecule has 0 unspecified atom stereocenters. The van der Waals surface area contributed by atoms with E-state index in [1.165, 1.54) is 6.26 Å². The third-order valence-electron chi connectivity index (χ3n) is 3.50. The van der Waals surface area contributed by atoms with Gasteiger partial charge in [0.05, 0.1) is 17.5 Å². The molecule has 0 saturated carbocycles. The van der Waals surface area contributed by atoms with Crippen LogP contribution in [0.15, 0.2) is 69.7 Å². The minimum atomic E-state index is -0.341. The average Bonchev–Trinajstić information content (AvgIpc) is 3.24. The zero-order chi connectivity index (χ0) is 16.5. The molecule has 0 atom stereocenters. The molecular formula is C18H11ClN2O3. The number of halogens is 1. The van der Waals surface area contributed by atoms with Crippen LogP contribution < -0.4 is 5.32 Å². The Balaban J connectivity index is 1.73. The summed E-state index contributed by atoms with van der Waals surface area (Å²) in [6, 6.07) is 15.8. The molecule has 0 fully saturated rings. The number of rotatable bonds is 3. The maximum Gasteiger partial charge on any atom is 0.291 e. The van der Waals surface area contributed by atoms with Crippen molar-refractivity contribution in [2.45, 2.75) is 0 Å². The molecule has 4 aromatic rings. The molecule has 0 spiro atoms. The number of hydrogen-bond donors (Lipinski definition) is 1. The summed E-state index contributed by atoms with van der Waals surface area (Å²) < 4.78 is 10.9. The van der Waals surface area contributed by atoms with Gasteiger partial charge in [-0.2, -0.15) is 0 Å². The predicted molar refractivity (Wildman–Crippen MR) is 91.1 cm³/mol. The summed E-state index contributed by atoms with van der Waals surface area (Å²) in [6.07, 6.45) is 1.45. The maximum absolute atomic E-state index is 12.2. The zero-order valence-electron chi connectivity index (χ0n) is 12.3. The van der Waals surface area contributed by atoms with Crippen LogP contribution in [0.5, 0.6) is 0 Å². The lowest BCUT2D eigenvalue weighted by molar-refractivity contribution is 0.0996. The third-order valence-corrected chi connectivity index (χ3v) is 3.74. The van der Waals surface area contributed by atoms with Crippen molar-refractivity contribution in [3.8, 4) is 11.5 Å². The molecule has 6 heteroatoms. The van der Waals surface area contributed by atoms with E-state index < -0.39 is 0 Å². The van der Waals surface area contributed by atoms with Crippen LogP contribution in [0.25, 0.3) is 22.6 Å². The van der Waals surface area contributed by atoms with Gasteiger partial charge in [0.15, 0.2) is 11.3 Å². The summed E-state index contributed by atoms with van der Waals surface area (Å²) in [5, 5.41) is 3.39. The van der Waals surface area contributed by atoms with Gasteiger partial charge in [0, 0.05) is 5.02 Å². The molecule has 118 valence electrons. The highest BCUT2D eigenvalue weighted by molar-refractivity contribution is 6.31. The largest absolute Gasteiger partial charge is 0.459 e. The first kappa shape index (κ1) is 14.5. The van der Waals surface area contributed by atoms with Gasteiger partial charge < -0.3 is 14.2 Å². The lowest BCUT2D eigenvalue weighted by atomic mass is 10.1. The molecule has 0 aliphatic carbocycles. The van der Waals surface area contributed by atoms with Crippen molar-refractivity contribution in [2.75, 3.05) is 5.32 Å². The van der Waals surface area contributed by atoms with E-state index in [2.05, 4.69) is 10.3 Å². The van der Waals surface area contributed by atoms with E-state index in [0.717, 1.165) is 0 Å². The standard InChI is InChI=1S/C18H11ClN2O3/c19-11-7-8-15-14(10-11)21-18(24-15)12-4-1-2-5-13(12)20-17(22)16-6-3-9-23-16/h1-10H,(H,20,22). The second-order valence-corrected chi connectivity index (χ2v) is 5.54. The lowest BCUT2D eigenvalue weighted by Crippen LogP contribution is -2.11. The van der Waals surface area contributed by atoms with Crippen molar-refractivity contribution < 1.29 is 13.6 Å². The Morgan fingerprint density at radius 1 is 1.08 bits per heavy atom. The Hall–Kier alpha value is -3.05. The van der Waals surface area contributed by atoms with Crippen LogP contribution in [-0.4, -0.2) is 10.9 Å². The van der Waals surface area contributed by atoms with Gasteiger partial charge in [-0.1, -0.05) is 23.7 Å². The molecular weight excluding hydrogens is 328 g/mol. The molecule has 2 aromatic heterocycles. The van der Waals surface area contributed by atoms with E-state index in [-0.39, 0.29) is 11.7 Å². The summed E-state index contributed by atoms with van der Waals surface area (Å²) in [5.74, 6) is 0.295. The third kappa shape index (κ3) is 2.66. The first-order chi connectivity index (χ1) is 11.7. The molecule has 4 rings (SSSR count). The number of anilines is 1. The smallest absolute Gasteiger partial charge is 0.291 e. The van der Waals surface area contributed by atoms with Crippen LogP contribution in [0.4, 0.5) is 5.69 Å². The van der Waals surface area contributed by atoms with Gasteiger partial charge in [0.25, 0.3) is 5.91 Å². The van der Waals surface area contributed by atoms with Crippen LogP contribution in [0.3, 0.4) is 0 Å². The quantitative estimate of drug-likeness (QED) is 0.571. The van der Waals surface area contributed by atoms with Gasteiger partial charge in [0.2, 0.25) is 5.89 Å². The Bertz CT molecular complexity index is 1020. The average molecular weight is 339 g/mol. The van der Waals surface area contributed by atoms with E-state index in [1.807, 2.05) is 18.2 Å². The van der Waals surface area contributed by atoms with Crippen molar-refractivity contribution in [1.82, 2.24) is 4.98 Å². The van der Waals surface area contributed by atoms with Gasteiger partial charge in [-0.3, -0.25) is 4.79 Å². The van der Waals surface area contributed by atoms with Gasteiger partial charge >= 0.3 is 0 Å². The molecule has 2 aromatic carbocycles. The van der Waals surface area contributed by atoms with Crippen LogP contribution in [-0.2, 0) is 0 Å². The van der Waals surface area contributed by atoms with Crippen molar-refractivity contribution in [2.24, 2.45) is 0 Å². The van der Waals surface area contributed by atoms with Crippen molar-refractivity contribution in [3.63, 3.8) is 0 Å². The van der Waals surface area contributed by atoms with Crippen LogP contribution >= 0.6 is 11.6 Å². The maximum atomic E-state index is 12.2. The van der Waals surface area contributed by atoms with Crippen molar-refractivity contribution >= 4 is 34.3 Å². The second kappa shape index (κ2) is 5.86. The molecule has 0 radical (unpaired) electrons. The van der Waals surface area contributed by atoms with E-state index in [1.54, 1.807) is 36.4 Å². The number of furan rings is 1. The Morgan fingerprint density at radius 3 is 2.79 bits per heavy atom. The van der Waals surface area contributed by atoms with E-state index in [9.17, 15) is 4.79 Å². The number of carbonyl (C=O) groups excluding carboxylic acids is 1. The number of nitrogens with zero attached hydrogens (tertiary/aromatic N) is 1. The normalized spacial score (nSPS) is 10.9. The fraction of sp³-hybridized carbons (Fsp3) is 0. The Morgan fingerprint density at radius 2 is 1.96 bits per heavy atom. The van der Waals surface area contributed by atoms with Gasteiger partial charge in [0.1, 0.15) is 5.52 Å². The van der Waals surface area contributed by atoms with E-state index in [4.69, 9.17) is 20.4 Å². The zero-order valence-corrected chi connectivity index (χ0v) is 13.1. The highest BCUT2D eigenvalue weighted by Crippen LogP contribution is 2.31. The van der Waals surface area contributed by atoms with Gasteiger partial charge in [-0.25, -0.2) is 4.98 Å². The van der Waals surface area contributed by atoms with Crippen molar-refractivity contribution in [3.05, 3.63) is 71.6 Å².